The molecule has 1 unspecified atom stereocenters. The van der Waals surface area contributed by atoms with Gasteiger partial charge in [-0.25, -0.2) is 9.98 Å². The SMILES string of the molecule is N#CNC1=NC(c2ccccc2Sc2ccc(Cl)cc2)c2c(nc(N)c(C#N)c2N)N1. The Kier molecular flexibility index (Phi) is 5.54. The monoisotopic (exact) mass is 446 g/mol. The number of hydrogen-bond acceptors (Lipinski definition) is 9. The molecule has 0 aliphatic carbocycles. The van der Waals surface area contributed by atoms with Crippen LogP contribution in [0.3, 0.4) is 0 Å². The van der Waals surface area contributed by atoms with Gasteiger partial charge < -0.3 is 16.8 Å². The molecule has 0 radical (unpaired) electrons. The fourth-order valence-electron chi connectivity index (χ4n) is 3.23. The van der Waals surface area contributed by atoms with E-state index in [9.17, 15) is 5.26 Å². The van der Waals surface area contributed by atoms with Crippen LogP contribution in [0, 0.1) is 22.8 Å². The molecule has 0 amide bonds. The van der Waals surface area contributed by atoms with Gasteiger partial charge in [0.2, 0.25) is 5.96 Å². The molecule has 10 heteroatoms. The van der Waals surface area contributed by atoms with E-state index in [2.05, 4.69) is 20.6 Å². The fraction of sp³-hybridized carbons (Fsp3) is 0.0476. The smallest absolute Gasteiger partial charge is 0.211 e. The van der Waals surface area contributed by atoms with Gasteiger partial charge in [0.1, 0.15) is 29.3 Å². The van der Waals surface area contributed by atoms with E-state index < -0.39 is 6.04 Å². The summed E-state index contributed by atoms with van der Waals surface area (Å²) in [7, 11) is 0. The van der Waals surface area contributed by atoms with Crippen LogP contribution in [0.15, 0.2) is 63.3 Å². The summed E-state index contributed by atoms with van der Waals surface area (Å²) in [5, 5.41) is 24.6. The molecule has 3 aromatic rings. The molecule has 1 aliphatic rings. The van der Waals surface area contributed by atoms with Gasteiger partial charge >= 0.3 is 0 Å². The van der Waals surface area contributed by atoms with Crippen molar-refractivity contribution in [3.8, 4) is 12.3 Å². The minimum Gasteiger partial charge on any atom is -0.397 e. The van der Waals surface area contributed by atoms with Crippen LogP contribution in [-0.2, 0) is 0 Å². The third-order valence-electron chi connectivity index (χ3n) is 4.61. The average molecular weight is 447 g/mol. The van der Waals surface area contributed by atoms with Crippen molar-refractivity contribution in [2.45, 2.75) is 15.8 Å². The van der Waals surface area contributed by atoms with Crippen LogP contribution in [0.4, 0.5) is 17.3 Å². The number of aromatic nitrogens is 1. The Morgan fingerprint density at radius 3 is 2.55 bits per heavy atom. The molecular weight excluding hydrogens is 432 g/mol. The highest BCUT2D eigenvalue weighted by Crippen LogP contribution is 2.44. The van der Waals surface area contributed by atoms with E-state index in [0.29, 0.717) is 16.4 Å². The summed E-state index contributed by atoms with van der Waals surface area (Å²) in [6, 6.07) is 16.6. The highest BCUT2D eigenvalue weighted by atomic mass is 35.5. The van der Waals surface area contributed by atoms with Gasteiger partial charge in [0.15, 0.2) is 6.19 Å². The molecule has 4 rings (SSSR count). The standard InChI is InChI=1S/C21H15ClN8S/c22-11-5-7-12(8-6-11)31-15-4-2-1-3-13(15)18-16-17(25)14(9-23)19(26)29-20(16)30-21(28-18)27-10-24/h1-8,18H,(H6,25,26,27,28,29,30). The number of nitrogens with zero attached hydrogens (tertiary/aromatic N) is 4. The van der Waals surface area contributed by atoms with Gasteiger partial charge in [-0.05, 0) is 35.9 Å². The molecule has 2 heterocycles. The molecule has 1 aliphatic heterocycles. The summed E-state index contributed by atoms with van der Waals surface area (Å²) in [6.45, 7) is 0. The number of benzene rings is 2. The van der Waals surface area contributed by atoms with Crippen LogP contribution in [0.1, 0.15) is 22.7 Å². The van der Waals surface area contributed by atoms with Crippen molar-refractivity contribution in [3.63, 3.8) is 0 Å². The number of nitriles is 2. The van der Waals surface area contributed by atoms with E-state index in [-0.39, 0.29) is 23.0 Å². The molecule has 1 aromatic heterocycles. The Morgan fingerprint density at radius 1 is 1.10 bits per heavy atom. The molecule has 0 bridgehead atoms. The van der Waals surface area contributed by atoms with Gasteiger partial charge in [0.05, 0.1) is 5.69 Å². The minimum atomic E-state index is -0.608. The van der Waals surface area contributed by atoms with E-state index in [4.69, 9.17) is 28.3 Å². The number of anilines is 3. The quantitative estimate of drug-likeness (QED) is 0.350. The number of halogens is 1. The first-order valence-electron chi connectivity index (χ1n) is 9.03. The summed E-state index contributed by atoms with van der Waals surface area (Å²) < 4.78 is 0. The minimum absolute atomic E-state index is 0.00651. The molecule has 2 aromatic carbocycles. The number of hydrogen-bond donors (Lipinski definition) is 4. The van der Waals surface area contributed by atoms with Gasteiger partial charge in [-0.2, -0.15) is 10.5 Å². The zero-order valence-corrected chi connectivity index (χ0v) is 17.5. The third kappa shape index (κ3) is 3.92. The molecule has 8 nitrogen and oxygen atoms in total. The number of nitrogens with two attached hydrogens (primary N) is 2. The maximum absolute atomic E-state index is 9.49. The second-order valence-corrected chi connectivity index (χ2v) is 8.05. The highest BCUT2D eigenvalue weighted by Gasteiger charge is 2.31. The Balaban J connectivity index is 1.87. The molecular formula is C21H15ClN8S. The number of aliphatic imine (C=N–C) groups is 1. The number of nitrogens with one attached hydrogen (secondary N) is 2. The van der Waals surface area contributed by atoms with Crippen LogP contribution in [0.2, 0.25) is 5.02 Å². The zero-order valence-electron chi connectivity index (χ0n) is 15.9. The normalized spacial score (nSPS) is 14.4. The summed E-state index contributed by atoms with van der Waals surface area (Å²) in [6.07, 6.45) is 1.85. The van der Waals surface area contributed by atoms with Gasteiger partial charge in [0, 0.05) is 20.4 Å². The Labute approximate surface area is 187 Å². The van der Waals surface area contributed by atoms with E-state index in [0.717, 1.165) is 15.4 Å². The summed E-state index contributed by atoms with van der Waals surface area (Å²) in [5.41, 5.74) is 13.9. The number of rotatable bonds is 3. The predicted octanol–water partition coefficient (Wildman–Crippen LogP) is 3.86. The summed E-state index contributed by atoms with van der Waals surface area (Å²) in [5.74, 6) is 0.562. The molecule has 6 N–H and O–H groups in total. The maximum atomic E-state index is 9.49. The molecule has 0 fully saturated rings. The fourth-order valence-corrected chi connectivity index (χ4v) is 4.33. The molecule has 1 atom stereocenters. The van der Waals surface area contributed by atoms with Crippen molar-refractivity contribution < 1.29 is 0 Å². The number of guanidine groups is 1. The Morgan fingerprint density at radius 2 is 1.84 bits per heavy atom. The van der Waals surface area contributed by atoms with Crippen LogP contribution in [0.25, 0.3) is 0 Å². The molecule has 0 spiro atoms. The topological polar surface area (TPSA) is 149 Å². The first-order chi connectivity index (χ1) is 15.0. The number of pyridine rings is 1. The van der Waals surface area contributed by atoms with E-state index in [1.54, 1.807) is 11.8 Å². The van der Waals surface area contributed by atoms with Crippen molar-refractivity contribution in [2.75, 3.05) is 16.8 Å². The van der Waals surface area contributed by atoms with Crippen molar-refractivity contribution in [1.82, 2.24) is 10.3 Å². The lowest BCUT2D eigenvalue weighted by atomic mass is 9.95. The molecule has 152 valence electrons. The van der Waals surface area contributed by atoms with Crippen molar-refractivity contribution >= 4 is 46.6 Å². The summed E-state index contributed by atoms with van der Waals surface area (Å²) in [4.78, 5) is 10.8. The lowest BCUT2D eigenvalue weighted by Crippen LogP contribution is -2.32. The molecule has 0 saturated carbocycles. The Bertz CT molecular complexity index is 1270. The van der Waals surface area contributed by atoms with Crippen molar-refractivity contribution in [2.24, 2.45) is 4.99 Å². The zero-order chi connectivity index (χ0) is 22.0. The maximum Gasteiger partial charge on any atom is 0.211 e. The molecule has 31 heavy (non-hydrogen) atoms. The van der Waals surface area contributed by atoms with Crippen LogP contribution in [0.5, 0.6) is 0 Å². The summed E-state index contributed by atoms with van der Waals surface area (Å²) >= 11 is 7.54. The van der Waals surface area contributed by atoms with E-state index >= 15 is 0 Å². The first-order valence-corrected chi connectivity index (χ1v) is 10.2. The van der Waals surface area contributed by atoms with Crippen LogP contribution >= 0.6 is 23.4 Å². The van der Waals surface area contributed by atoms with E-state index in [1.807, 2.05) is 60.8 Å². The van der Waals surface area contributed by atoms with Crippen molar-refractivity contribution in [1.29, 1.82) is 10.5 Å². The van der Waals surface area contributed by atoms with Crippen LogP contribution in [-0.4, -0.2) is 10.9 Å². The highest BCUT2D eigenvalue weighted by molar-refractivity contribution is 7.99. The predicted molar refractivity (Wildman–Crippen MR) is 121 cm³/mol. The first kappa shape index (κ1) is 20.4. The van der Waals surface area contributed by atoms with Gasteiger partial charge in [-0.15, -0.1) is 0 Å². The lowest BCUT2D eigenvalue weighted by molar-refractivity contribution is 0.827. The van der Waals surface area contributed by atoms with Gasteiger partial charge in [-0.1, -0.05) is 41.6 Å². The van der Waals surface area contributed by atoms with Crippen molar-refractivity contribution in [3.05, 3.63) is 70.2 Å². The largest absolute Gasteiger partial charge is 0.397 e. The number of fused-ring (bicyclic) bond motifs is 1. The van der Waals surface area contributed by atoms with Gasteiger partial charge in [0.25, 0.3) is 0 Å². The number of nitrogen functional groups attached to an aromatic ring is 2. The van der Waals surface area contributed by atoms with Crippen LogP contribution < -0.4 is 22.1 Å². The second-order valence-electron chi connectivity index (χ2n) is 6.50. The molecule has 0 saturated heterocycles. The lowest BCUT2D eigenvalue weighted by Gasteiger charge is -2.27. The van der Waals surface area contributed by atoms with E-state index in [1.165, 1.54) is 0 Å². The average Bonchev–Trinajstić information content (AvgIpc) is 2.75. The Hall–Kier alpha value is -3.92. The van der Waals surface area contributed by atoms with Gasteiger partial charge in [-0.3, -0.25) is 5.32 Å². The third-order valence-corrected chi connectivity index (χ3v) is 5.96. The second kappa shape index (κ2) is 8.44.